The van der Waals surface area contributed by atoms with Gasteiger partial charge in [0.25, 0.3) is 0 Å². The lowest BCUT2D eigenvalue weighted by molar-refractivity contribution is -0.131. The molecule has 1 saturated heterocycles. The molecule has 2 rings (SSSR count). The van der Waals surface area contributed by atoms with Crippen LogP contribution in [0.3, 0.4) is 0 Å². The van der Waals surface area contributed by atoms with Gasteiger partial charge >= 0.3 is 0 Å². The van der Waals surface area contributed by atoms with Crippen molar-refractivity contribution < 1.29 is 14.3 Å². The lowest BCUT2D eigenvalue weighted by atomic mass is 10.2. The Morgan fingerprint density at radius 3 is 2.29 bits per heavy atom. The highest BCUT2D eigenvalue weighted by Gasteiger charge is 2.23. The molecule has 1 aromatic carbocycles. The predicted molar refractivity (Wildman–Crippen MR) is 83.6 cm³/mol. The Labute approximate surface area is 130 Å². The number of benzene rings is 1. The van der Waals surface area contributed by atoms with Gasteiger partial charge in [0.1, 0.15) is 11.5 Å². The van der Waals surface area contributed by atoms with Crippen LogP contribution in [0.5, 0.6) is 11.5 Å². The molecule has 0 saturated carbocycles. The van der Waals surface area contributed by atoms with E-state index in [9.17, 15) is 4.79 Å². The normalized spacial score (nSPS) is 15.0. The fourth-order valence-electron chi connectivity index (χ4n) is 2.51. The second-order valence-corrected chi connectivity index (χ2v) is 5.29. The maximum Gasteiger partial charge on any atom is 0.222 e. The van der Waals surface area contributed by atoms with Crippen LogP contribution in [0, 0.1) is 0 Å². The van der Waals surface area contributed by atoms with Crippen molar-refractivity contribution in [1.29, 1.82) is 0 Å². The average molecular weight is 313 g/mol. The van der Waals surface area contributed by atoms with Crippen LogP contribution in [-0.4, -0.2) is 51.2 Å². The van der Waals surface area contributed by atoms with Crippen molar-refractivity contribution in [3.8, 4) is 11.5 Å². The molecule has 1 fully saturated rings. The van der Waals surface area contributed by atoms with Crippen molar-refractivity contribution in [2.45, 2.75) is 13.3 Å². The van der Waals surface area contributed by atoms with Crippen molar-refractivity contribution in [3.05, 3.63) is 17.2 Å². The van der Waals surface area contributed by atoms with E-state index < -0.39 is 0 Å². The molecule has 0 atom stereocenters. The van der Waals surface area contributed by atoms with E-state index in [-0.39, 0.29) is 5.91 Å². The number of ether oxygens (including phenoxy) is 2. The fraction of sp³-hybridized carbons (Fsp3) is 0.533. The largest absolute Gasteiger partial charge is 0.495 e. The Kier molecular flexibility index (Phi) is 5.17. The number of nitrogens with zero attached hydrogens (tertiary/aromatic N) is 2. The molecular formula is C15H21ClN2O3. The highest BCUT2D eigenvalue weighted by atomic mass is 35.5. The summed E-state index contributed by atoms with van der Waals surface area (Å²) in [7, 11) is 3.22. The van der Waals surface area contributed by atoms with Crippen LogP contribution in [0.25, 0.3) is 0 Å². The Bertz CT molecular complexity index is 514. The molecule has 0 N–H and O–H groups in total. The van der Waals surface area contributed by atoms with Crippen molar-refractivity contribution in [3.63, 3.8) is 0 Å². The number of hydrogen-bond donors (Lipinski definition) is 0. The summed E-state index contributed by atoms with van der Waals surface area (Å²) in [6.45, 7) is 4.88. The van der Waals surface area contributed by atoms with Crippen molar-refractivity contribution in [2.24, 2.45) is 0 Å². The number of carbonyl (C=O) groups excluding carboxylic acids is 1. The number of amides is 1. The molecule has 0 spiro atoms. The van der Waals surface area contributed by atoms with Crippen LogP contribution in [0.4, 0.5) is 5.69 Å². The van der Waals surface area contributed by atoms with Crippen LogP contribution in [0.1, 0.15) is 13.3 Å². The van der Waals surface area contributed by atoms with Crippen LogP contribution >= 0.6 is 11.6 Å². The summed E-state index contributed by atoms with van der Waals surface area (Å²) in [5, 5.41) is 0.526. The molecule has 116 valence electrons. The third-order valence-corrected chi connectivity index (χ3v) is 4.02. The number of rotatable bonds is 4. The summed E-state index contributed by atoms with van der Waals surface area (Å²) in [5.41, 5.74) is 0.947. The Balaban J connectivity index is 2.17. The van der Waals surface area contributed by atoms with E-state index in [1.54, 1.807) is 20.3 Å². The van der Waals surface area contributed by atoms with Crippen molar-refractivity contribution in [1.82, 2.24) is 4.90 Å². The van der Waals surface area contributed by atoms with Crippen LogP contribution in [0.2, 0.25) is 5.02 Å². The van der Waals surface area contributed by atoms with E-state index in [4.69, 9.17) is 21.1 Å². The number of piperazine rings is 1. The molecule has 6 heteroatoms. The first-order chi connectivity index (χ1) is 10.1. The highest BCUT2D eigenvalue weighted by molar-refractivity contribution is 6.32. The molecule has 0 unspecified atom stereocenters. The van der Waals surface area contributed by atoms with E-state index in [1.807, 2.05) is 17.9 Å². The van der Waals surface area contributed by atoms with Gasteiger partial charge in [0.2, 0.25) is 5.91 Å². The molecular weight excluding hydrogens is 292 g/mol. The number of carbonyl (C=O) groups is 1. The second kappa shape index (κ2) is 6.89. The summed E-state index contributed by atoms with van der Waals surface area (Å²) in [4.78, 5) is 15.8. The smallest absolute Gasteiger partial charge is 0.222 e. The maximum atomic E-state index is 11.7. The van der Waals surface area contributed by atoms with E-state index in [1.165, 1.54) is 0 Å². The predicted octanol–water partition coefficient (Wildman–Crippen LogP) is 2.42. The number of methoxy groups -OCH3 is 2. The molecule has 0 aliphatic carbocycles. The van der Waals surface area contributed by atoms with E-state index in [2.05, 4.69) is 4.90 Å². The lowest BCUT2D eigenvalue weighted by Gasteiger charge is -2.36. The highest BCUT2D eigenvalue weighted by Crippen LogP contribution is 2.38. The second-order valence-electron chi connectivity index (χ2n) is 4.88. The SMILES string of the molecule is CCC(=O)N1CCN(c2cc(OC)c(Cl)cc2OC)CC1. The molecule has 1 aliphatic heterocycles. The van der Waals surface area contributed by atoms with Gasteiger partial charge in [0, 0.05) is 44.7 Å². The molecule has 0 bridgehead atoms. The number of halogens is 1. The van der Waals surface area contributed by atoms with Gasteiger partial charge in [-0.1, -0.05) is 18.5 Å². The zero-order chi connectivity index (χ0) is 15.4. The molecule has 5 nitrogen and oxygen atoms in total. The minimum absolute atomic E-state index is 0.204. The zero-order valence-electron chi connectivity index (χ0n) is 12.7. The van der Waals surface area contributed by atoms with Gasteiger partial charge in [-0.05, 0) is 0 Å². The van der Waals surface area contributed by atoms with Crippen molar-refractivity contribution in [2.75, 3.05) is 45.3 Å². The monoisotopic (exact) mass is 312 g/mol. The topological polar surface area (TPSA) is 42.0 Å². The maximum absolute atomic E-state index is 11.7. The van der Waals surface area contributed by atoms with Crippen LogP contribution in [0.15, 0.2) is 12.1 Å². The van der Waals surface area contributed by atoms with Gasteiger partial charge in [0.05, 0.1) is 24.9 Å². The molecule has 1 aromatic rings. The zero-order valence-corrected chi connectivity index (χ0v) is 13.4. The van der Waals surface area contributed by atoms with Gasteiger partial charge in [-0.3, -0.25) is 4.79 Å². The third-order valence-electron chi connectivity index (χ3n) is 3.73. The molecule has 21 heavy (non-hydrogen) atoms. The van der Waals surface area contributed by atoms with Gasteiger partial charge in [-0.15, -0.1) is 0 Å². The van der Waals surface area contributed by atoms with Gasteiger partial charge in [-0.2, -0.15) is 0 Å². The van der Waals surface area contributed by atoms with E-state index in [0.29, 0.717) is 17.2 Å². The van der Waals surface area contributed by atoms with E-state index >= 15 is 0 Å². The van der Waals surface area contributed by atoms with Crippen LogP contribution < -0.4 is 14.4 Å². The number of anilines is 1. The minimum atomic E-state index is 0.204. The van der Waals surface area contributed by atoms with Crippen molar-refractivity contribution >= 4 is 23.2 Å². The molecule has 0 aromatic heterocycles. The van der Waals surface area contributed by atoms with Gasteiger partial charge in [-0.25, -0.2) is 0 Å². The third kappa shape index (κ3) is 3.35. The minimum Gasteiger partial charge on any atom is -0.495 e. The summed E-state index contributed by atoms with van der Waals surface area (Å²) >= 11 is 6.13. The summed E-state index contributed by atoms with van der Waals surface area (Å²) < 4.78 is 10.7. The first kappa shape index (κ1) is 15.8. The Morgan fingerprint density at radius 1 is 1.14 bits per heavy atom. The molecule has 1 aliphatic rings. The van der Waals surface area contributed by atoms with Crippen LogP contribution in [-0.2, 0) is 4.79 Å². The van der Waals surface area contributed by atoms with Gasteiger partial charge in [0.15, 0.2) is 0 Å². The summed E-state index contributed by atoms with van der Waals surface area (Å²) in [5.74, 6) is 1.55. The lowest BCUT2D eigenvalue weighted by Crippen LogP contribution is -2.48. The molecule has 0 radical (unpaired) electrons. The first-order valence-electron chi connectivity index (χ1n) is 7.05. The number of hydrogen-bond acceptors (Lipinski definition) is 4. The Morgan fingerprint density at radius 2 is 1.76 bits per heavy atom. The summed E-state index contributed by atoms with van der Waals surface area (Å²) in [6.07, 6.45) is 0.554. The molecule has 1 amide bonds. The standard InChI is InChI=1S/C15H21ClN2O3/c1-4-15(19)18-7-5-17(6-8-18)12-10-13(20-2)11(16)9-14(12)21-3/h9-10H,4-8H2,1-3H3. The Hall–Kier alpha value is -1.62. The summed E-state index contributed by atoms with van der Waals surface area (Å²) in [6, 6.07) is 3.65. The van der Waals surface area contributed by atoms with Gasteiger partial charge < -0.3 is 19.3 Å². The quantitative estimate of drug-likeness (QED) is 0.856. The van der Waals surface area contributed by atoms with E-state index in [0.717, 1.165) is 37.6 Å². The first-order valence-corrected chi connectivity index (χ1v) is 7.42. The fourth-order valence-corrected chi connectivity index (χ4v) is 2.74. The molecule has 1 heterocycles. The average Bonchev–Trinajstić information content (AvgIpc) is 2.54.